The van der Waals surface area contributed by atoms with E-state index in [2.05, 4.69) is 4.98 Å². The quantitative estimate of drug-likeness (QED) is 0.866. The van der Waals surface area contributed by atoms with Gasteiger partial charge in [0, 0.05) is 19.1 Å². The minimum absolute atomic E-state index is 0.102. The fourth-order valence-corrected chi connectivity index (χ4v) is 4.75. The predicted octanol–water partition coefficient (Wildman–Crippen LogP) is 0.809. The number of piperidine rings is 1. The molecule has 1 aliphatic rings. The van der Waals surface area contributed by atoms with E-state index in [-0.39, 0.29) is 12.0 Å². The van der Waals surface area contributed by atoms with Gasteiger partial charge in [-0.25, -0.2) is 13.4 Å². The van der Waals surface area contributed by atoms with Crippen LogP contribution in [0.1, 0.15) is 18.4 Å². The highest BCUT2D eigenvalue weighted by molar-refractivity contribution is 7.91. The SMILES string of the molecule is Cc1ncc(S(=O)(=O)N2CCC(N)C(C)C2)s1. The monoisotopic (exact) mass is 275 g/mol. The van der Waals surface area contributed by atoms with Crippen molar-refractivity contribution in [1.29, 1.82) is 0 Å². The zero-order valence-electron chi connectivity index (χ0n) is 9.96. The van der Waals surface area contributed by atoms with Crippen molar-refractivity contribution in [3.8, 4) is 0 Å². The topological polar surface area (TPSA) is 76.3 Å². The lowest BCUT2D eigenvalue weighted by molar-refractivity contribution is 0.250. The Balaban J connectivity index is 2.22. The molecular weight excluding hydrogens is 258 g/mol. The van der Waals surface area contributed by atoms with Crippen LogP contribution < -0.4 is 5.73 Å². The first-order valence-corrected chi connectivity index (χ1v) is 7.85. The minimum Gasteiger partial charge on any atom is -0.327 e. The smallest absolute Gasteiger partial charge is 0.254 e. The van der Waals surface area contributed by atoms with E-state index in [9.17, 15) is 8.42 Å². The van der Waals surface area contributed by atoms with Gasteiger partial charge in [0.05, 0.1) is 11.2 Å². The second kappa shape index (κ2) is 4.64. The summed E-state index contributed by atoms with van der Waals surface area (Å²) in [4.78, 5) is 4.00. The van der Waals surface area contributed by atoms with Gasteiger partial charge in [0.1, 0.15) is 0 Å². The van der Waals surface area contributed by atoms with Crippen molar-refractivity contribution in [2.24, 2.45) is 11.7 Å². The lowest BCUT2D eigenvalue weighted by Crippen LogP contribution is -2.47. The number of thiazole rings is 1. The number of hydrogen-bond donors (Lipinski definition) is 1. The molecule has 1 aromatic heterocycles. The maximum absolute atomic E-state index is 12.3. The molecule has 0 radical (unpaired) electrons. The van der Waals surface area contributed by atoms with E-state index in [4.69, 9.17) is 5.73 Å². The first kappa shape index (κ1) is 12.9. The fraction of sp³-hybridized carbons (Fsp3) is 0.700. The molecule has 2 atom stereocenters. The van der Waals surface area contributed by atoms with Crippen LogP contribution >= 0.6 is 11.3 Å². The van der Waals surface area contributed by atoms with Crippen LogP contribution in [0.3, 0.4) is 0 Å². The fourth-order valence-electron chi connectivity index (χ4n) is 1.93. The summed E-state index contributed by atoms with van der Waals surface area (Å²) in [6.07, 6.45) is 2.16. The number of aryl methyl sites for hydroxylation is 1. The summed E-state index contributed by atoms with van der Waals surface area (Å²) in [5, 5.41) is 0.769. The Bertz CT molecular complexity index is 497. The number of sulfonamides is 1. The lowest BCUT2D eigenvalue weighted by Gasteiger charge is -2.33. The van der Waals surface area contributed by atoms with Crippen LogP contribution in [0, 0.1) is 12.8 Å². The molecule has 0 spiro atoms. The zero-order valence-corrected chi connectivity index (χ0v) is 11.6. The number of hydrogen-bond acceptors (Lipinski definition) is 5. The Morgan fingerprint density at radius 2 is 2.29 bits per heavy atom. The average molecular weight is 275 g/mol. The molecule has 0 bridgehead atoms. The molecule has 1 saturated heterocycles. The van der Waals surface area contributed by atoms with Crippen LogP contribution in [0.15, 0.2) is 10.4 Å². The maximum Gasteiger partial charge on any atom is 0.254 e. The third-order valence-electron chi connectivity index (χ3n) is 3.13. The molecule has 7 heteroatoms. The molecule has 5 nitrogen and oxygen atoms in total. The summed E-state index contributed by atoms with van der Waals surface area (Å²) in [6.45, 7) is 4.80. The van der Waals surface area contributed by atoms with E-state index in [1.807, 2.05) is 6.92 Å². The van der Waals surface area contributed by atoms with Crippen LogP contribution in [0.5, 0.6) is 0 Å². The Morgan fingerprint density at radius 3 is 2.82 bits per heavy atom. The molecule has 1 aliphatic heterocycles. The zero-order chi connectivity index (χ0) is 12.6. The maximum atomic E-state index is 12.3. The number of nitrogens with zero attached hydrogens (tertiary/aromatic N) is 2. The lowest BCUT2D eigenvalue weighted by atomic mass is 9.96. The molecule has 0 saturated carbocycles. The first-order chi connectivity index (χ1) is 7.91. The molecule has 0 amide bonds. The molecule has 1 aromatic rings. The Morgan fingerprint density at radius 1 is 1.59 bits per heavy atom. The largest absolute Gasteiger partial charge is 0.327 e. The second-order valence-corrected chi connectivity index (χ2v) is 7.89. The van der Waals surface area contributed by atoms with E-state index in [1.54, 1.807) is 6.92 Å². The Hall–Kier alpha value is -0.500. The van der Waals surface area contributed by atoms with E-state index >= 15 is 0 Å². The van der Waals surface area contributed by atoms with Crippen molar-refractivity contribution in [2.45, 2.75) is 30.5 Å². The van der Waals surface area contributed by atoms with Gasteiger partial charge < -0.3 is 5.73 Å². The predicted molar refractivity (Wildman–Crippen MR) is 67.4 cm³/mol. The second-order valence-electron chi connectivity index (χ2n) is 4.49. The molecule has 0 aromatic carbocycles. The van der Waals surface area contributed by atoms with E-state index in [1.165, 1.54) is 21.8 Å². The molecule has 96 valence electrons. The van der Waals surface area contributed by atoms with Crippen molar-refractivity contribution < 1.29 is 8.42 Å². The number of nitrogens with two attached hydrogens (primary N) is 1. The molecule has 2 rings (SSSR count). The average Bonchev–Trinajstić information content (AvgIpc) is 2.69. The van der Waals surface area contributed by atoms with Crippen molar-refractivity contribution in [3.63, 3.8) is 0 Å². The van der Waals surface area contributed by atoms with Gasteiger partial charge in [0.15, 0.2) is 4.21 Å². The molecular formula is C10H17N3O2S2. The van der Waals surface area contributed by atoms with Gasteiger partial charge in [-0.15, -0.1) is 11.3 Å². The molecule has 2 N–H and O–H groups in total. The Kier molecular flexibility index (Phi) is 3.53. The summed E-state index contributed by atoms with van der Waals surface area (Å²) in [6, 6.07) is 0.102. The summed E-state index contributed by atoms with van der Waals surface area (Å²) >= 11 is 1.22. The van der Waals surface area contributed by atoms with Gasteiger partial charge in [-0.2, -0.15) is 4.31 Å². The normalized spacial score (nSPS) is 27.2. The highest BCUT2D eigenvalue weighted by atomic mass is 32.2. The van der Waals surface area contributed by atoms with Gasteiger partial charge >= 0.3 is 0 Å². The first-order valence-electron chi connectivity index (χ1n) is 5.59. The molecule has 17 heavy (non-hydrogen) atoms. The van der Waals surface area contributed by atoms with Gasteiger partial charge in [-0.1, -0.05) is 6.92 Å². The van der Waals surface area contributed by atoms with E-state index < -0.39 is 10.0 Å². The highest BCUT2D eigenvalue weighted by Gasteiger charge is 2.32. The number of aromatic nitrogens is 1. The molecule has 1 fully saturated rings. The van der Waals surface area contributed by atoms with Crippen LogP contribution in [0.4, 0.5) is 0 Å². The van der Waals surface area contributed by atoms with Crippen LogP contribution in [-0.2, 0) is 10.0 Å². The van der Waals surface area contributed by atoms with Crippen LogP contribution in [0.25, 0.3) is 0 Å². The van der Waals surface area contributed by atoms with Gasteiger partial charge in [-0.3, -0.25) is 0 Å². The van der Waals surface area contributed by atoms with Crippen molar-refractivity contribution >= 4 is 21.4 Å². The van der Waals surface area contributed by atoms with Crippen molar-refractivity contribution in [3.05, 3.63) is 11.2 Å². The molecule has 0 aliphatic carbocycles. The summed E-state index contributed by atoms with van der Waals surface area (Å²) in [5.74, 6) is 0.201. The van der Waals surface area contributed by atoms with E-state index in [0.29, 0.717) is 17.3 Å². The van der Waals surface area contributed by atoms with Crippen molar-refractivity contribution in [1.82, 2.24) is 9.29 Å². The standard InChI is InChI=1S/C10H17N3O2S2/c1-7-6-13(4-3-9(7)11)17(14,15)10-5-12-8(2)16-10/h5,7,9H,3-4,6,11H2,1-2H3. The molecule has 2 unspecified atom stereocenters. The summed E-state index contributed by atoms with van der Waals surface area (Å²) in [5.41, 5.74) is 5.90. The summed E-state index contributed by atoms with van der Waals surface area (Å²) in [7, 11) is -3.36. The van der Waals surface area contributed by atoms with E-state index in [0.717, 1.165) is 11.4 Å². The Labute approximate surface area is 106 Å². The van der Waals surface area contributed by atoms with Crippen LogP contribution in [-0.4, -0.2) is 36.8 Å². The third-order valence-corrected chi connectivity index (χ3v) is 6.34. The van der Waals surface area contributed by atoms with Gasteiger partial charge in [0.25, 0.3) is 10.0 Å². The van der Waals surface area contributed by atoms with Crippen molar-refractivity contribution in [2.75, 3.05) is 13.1 Å². The van der Waals surface area contributed by atoms with Crippen LogP contribution in [0.2, 0.25) is 0 Å². The minimum atomic E-state index is -3.36. The molecule has 2 heterocycles. The highest BCUT2D eigenvalue weighted by Crippen LogP contribution is 2.26. The number of rotatable bonds is 2. The van der Waals surface area contributed by atoms with Gasteiger partial charge in [-0.05, 0) is 19.3 Å². The van der Waals surface area contributed by atoms with Gasteiger partial charge in [0.2, 0.25) is 0 Å². The summed E-state index contributed by atoms with van der Waals surface area (Å²) < 4.78 is 26.5. The third kappa shape index (κ3) is 2.52.